The number of nitrogens with one attached hydrogen (secondary N) is 1. The number of carbonyl (C=O) groups excluding carboxylic acids is 1. The molecular formula is C22H15ClF3N5OS. The number of anilines is 1. The van der Waals surface area contributed by atoms with Gasteiger partial charge in [-0.2, -0.15) is 13.2 Å². The van der Waals surface area contributed by atoms with Crippen LogP contribution >= 0.6 is 23.4 Å². The number of carbonyl (C=O) groups is 1. The fourth-order valence-corrected chi connectivity index (χ4v) is 3.89. The molecule has 0 fully saturated rings. The molecule has 0 radical (unpaired) electrons. The second-order valence-corrected chi connectivity index (χ2v) is 8.09. The highest BCUT2D eigenvalue weighted by atomic mass is 35.5. The lowest BCUT2D eigenvalue weighted by Crippen LogP contribution is -2.16. The number of hydrogen-bond acceptors (Lipinski definition) is 5. The molecule has 0 atom stereocenters. The molecule has 4 aromatic rings. The predicted octanol–water partition coefficient (Wildman–Crippen LogP) is 5.73. The number of amides is 1. The summed E-state index contributed by atoms with van der Waals surface area (Å²) in [6.07, 6.45) is -1.27. The number of halogens is 4. The number of aromatic nitrogens is 4. The van der Waals surface area contributed by atoms with Crippen LogP contribution in [0.4, 0.5) is 18.9 Å². The second-order valence-electron chi connectivity index (χ2n) is 6.74. The summed E-state index contributed by atoms with van der Waals surface area (Å²) >= 11 is 7.06. The molecule has 0 spiro atoms. The average Bonchev–Trinajstić information content (AvgIpc) is 3.23. The molecule has 0 aliphatic carbocycles. The van der Waals surface area contributed by atoms with E-state index in [1.54, 1.807) is 29.1 Å². The summed E-state index contributed by atoms with van der Waals surface area (Å²) in [5.41, 5.74) is 0.561. The number of para-hydroxylation sites is 1. The Hall–Kier alpha value is -3.37. The Balaban J connectivity index is 1.56. The molecule has 0 unspecified atom stereocenters. The lowest BCUT2D eigenvalue weighted by molar-refractivity contribution is -0.137. The first-order chi connectivity index (χ1) is 15.8. The van der Waals surface area contributed by atoms with Crippen LogP contribution in [0.3, 0.4) is 0 Å². The summed E-state index contributed by atoms with van der Waals surface area (Å²) in [4.78, 5) is 16.5. The molecule has 1 N–H and O–H groups in total. The smallest absolute Gasteiger partial charge is 0.324 e. The highest BCUT2D eigenvalue weighted by Crippen LogP contribution is 2.34. The summed E-state index contributed by atoms with van der Waals surface area (Å²) in [5.74, 6) is -0.0878. The molecule has 0 aliphatic heterocycles. The van der Waals surface area contributed by atoms with Crippen molar-refractivity contribution >= 4 is 35.0 Å². The van der Waals surface area contributed by atoms with Crippen molar-refractivity contribution in [2.45, 2.75) is 11.3 Å². The van der Waals surface area contributed by atoms with Gasteiger partial charge in [0, 0.05) is 23.6 Å². The predicted molar refractivity (Wildman–Crippen MR) is 120 cm³/mol. The van der Waals surface area contributed by atoms with Crippen LogP contribution in [0.1, 0.15) is 5.56 Å². The highest BCUT2D eigenvalue weighted by molar-refractivity contribution is 7.99. The van der Waals surface area contributed by atoms with E-state index in [1.807, 2.05) is 30.3 Å². The van der Waals surface area contributed by atoms with E-state index in [2.05, 4.69) is 20.5 Å². The van der Waals surface area contributed by atoms with Crippen molar-refractivity contribution in [2.75, 3.05) is 11.1 Å². The zero-order valence-electron chi connectivity index (χ0n) is 16.8. The molecular weight excluding hydrogens is 475 g/mol. The Kier molecular flexibility index (Phi) is 6.66. The summed E-state index contributed by atoms with van der Waals surface area (Å²) < 4.78 is 40.7. The van der Waals surface area contributed by atoms with E-state index < -0.39 is 17.6 Å². The molecule has 1 amide bonds. The fraction of sp³-hybridized carbons (Fsp3) is 0.0909. The van der Waals surface area contributed by atoms with Crippen LogP contribution < -0.4 is 5.32 Å². The molecule has 0 saturated heterocycles. The number of nitrogens with zero attached hydrogens (tertiary/aromatic N) is 4. The van der Waals surface area contributed by atoms with Crippen molar-refractivity contribution in [3.8, 4) is 17.1 Å². The lowest BCUT2D eigenvalue weighted by atomic mass is 10.2. The molecule has 0 saturated carbocycles. The third-order valence-corrected chi connectivity index (χ3v) is 5.74. The molecule has 33 heavy (non-hydrogen) atoms. The van der Waals surface area contributed by atoms with Crippen molar-refractivity contribution in [3.05, 3.63) is 83.6 Å². The van der Waals surface area contributed by atoms with Gasteiger partial charge in [-0.05, 0) is 42.5 Å². The summed E-state index contributed by atoms with van der Waals surface area (Å²) in [5, 5.41) is 11.4. The quantitative estimate of drug-likeness (QED) is 0.350. The lowest BCUT2D eigenvalue weighted by Gasteiger charge is -2.12. The van der Waals surface area contributed by atoms with E-state index in [9.17, 15) is 18.0 Å². The summed E-state index contributed by atoms with van der Waals surface area (Å²) in [6, 6.07) is 15.7. The van der Waals surface area contributed by atoms with Crippen molar-refractivity contribution in [1.29, 1.82) is 0 Å². The molecule has 2 heterocycles. The topological polar surface area (TPSA) is 72.7 Å². The monoisotopic (exact) mass is 489 g/mol. The number of hydrogen-bond donors (Lipinski definition) is 1. The number of thioether (sulfide) groups is 1. The first-order valence-electron chi connectivity index (χ1n) is 9.53. The van der Waals surface area contributed by atoms with Crippen LogP contribution in [0.2, 0.25) is 5.02 Å². The van der Waals surface area contributed by atoms with E-state index in [4.69, 9.17) is 11.6 Å². The largest absolute Gasteiger partial charge is 0.416 e. The molecule has 11 heteroatoms. The second kappa shape index (κ2) is 9.63. The standard InChI is InChI=1S/C22H15ClF3N5OS/c23-17-7-6-15(22(24,25)26)12-18(17)28-19(32)13-33-21-30-29-20(14-8-10-27-11-9-14)31(21)16-4-2-1-3-5-16/h1-12H,13H2,(H,28,32). The Bertz CT molecular complexity index is 1270. The maximum Gasteiger partial charge on any atom is 0.416 e. The number of alkyl halides is 3. The van der Waals surface area contributed by atoms with Crippen LogP contribution in [0.15, 0.2) is 78.2 Å². The SMILES string of the molecule is O=C(CSc1nnc(-c2ccncc2)n1-c1ccccc1)Nc1cc(C(F)(F)F)ccc1Cl. The van der Waals surface area contributed by atoms with Crippen molar-refractivity contribution in [1.82, 2.24) is 19.7 Å². The van der Waals surface area contributed by atoms with E-state index in [0.29, 0.717) is 11.0 Å². The van der Waals surface area contributed by atoms with Crippen LogP contribution in [-0.4, -0.2) is 31.4 Å². The van der Waals surface area contributed by atoms with Gasteiger partial charge in [0.15, 0.2) is 11.0 Å². The normalized spacial score (nSPS) is 11.4. The van der Waals surface area contributed by atoms with Crippen LogP contribution in [0.25, 0.3) is 17.1 Å². The van der Waals surface area contributed by atoms with Gasteiger partial charge in [-0.1, -0.05) is 41.6 Å². The van der Waals surface area contributed by atoms with Crippen LogP contribution in [0, 0.1) is 0 Å². The van der Waals surface area contributed by atoms with E-state index in [1.165, 1.54) is 0 Å². The molecule has 6 nitrogen and oxygen atoms in total. The molecule has 2 aromatic heterocycles. The van der Waals surface area contributed by atoms with Crippen molar-refractivity contribution in [3.63, 3.8) is 0 Å². The number of pyridine rings is 1. The Morgan fingerprint density at radius 1 is 1.03 bits per heavy atom. The Labute approximate surface area is 195 Å². The third kappa shape index (κ3) is 5.35. The summed E-state index contributed by atoms with van der Waals surface area (Å²) in [7, 11) is 0. The molecule has 168 valence electrons. The van der Waals surface area contributed by atoms with Crippen LogP contribution in [0.5, 0.6) is 0 Å². The summed E-state index contributed by atoms with van der Waals surface area (Å²) in [6.45, 7) is 0. The van der Waals surface area contributed by atoms with Gasteiger partial charge < -0.3 is 5.32 Å². The van der Waals surface area contributed by atoms with Gasteiger partial charge in [-0.15, -0.1) is 10.2 Å². The van der Waals surface area contributed by atoms with Gasteiger partial charge in [-0.25, -0.2) is 0 Å². The van der Waals surface area contributed by atoms with Gasteiger partial charge >= 0.3 is 6.18 Å². The Morgan fingerprint density at radius 3 is 2.45 bits per heavy atom. The minimum Gasteiger partial charge on any atom is -0.324 e. The van der Waals surface area contributed by atoms with Gasteiger partial charge in [0.05, 0.1) is 22.0 Å². The number of benzene rings is 2. The first-order valence-corrected chi connectivity index (χ1v) is 10.9. The maximum absolute atomic E-state index is 13.0. The first kappa shape index (κ1) is 22.8. The molecule has 0 bridgehead atoms. The van der Waals surface area contributed by atoms with Gasteiger partial charge in [0.1, 0.15) is 0 Å². The highest BCUT2D eigenvalue weighted by Gasteiger charge is 2.31. The fourth-order valence-electron chi connectivity index (χ4n) is 2.97. The van der Waals surface area contributed by atoms with Crippen molar-refractivity contribution < 1.29 is 18.0 Å². The van der Waals surface area contributed by atoms with E-state index in [0.717, 1.165) is 41.2 Å². The van der Waals surface area contributed by atoms with Gasteiger partial charge in [0.25, 0.3) is 0 Å². The molecule has 2 aromatic carbocycles. The van der Waals surface area contributed by atoms with Crippen LogP contribution in [-0.2, 0) is 11.0 Å². The van der Waals surface area contributed by atoms with Gasteiger partial charge in [0.2, 0.25) is 5.91 Å². The van der Waals surface area contributed by atoms with E-state index >= 15 is 0 Å². The number of rotatable bonds is 6. The van der Waals surface area contributed by atoms with Crippen molar-refractivity contribution in [2.24, 2.45) is 0 Å². The van der Waals surface area contributed by atoms with E-state index in [-0.39, 0.29) is 16.5 Å². The average molecular weight is 490 g/mol. The zero-order chi connectivity index (χ0) is 23.4. The minimum atomic E-state index is -4.55. The molecule has 4 rings (SSSR count). The third-order valence-electron chi connectivity index (χ3n) is 4.49. The minimum absolute atomic E-state index is 0.00813. The maximum atomic E-state index is 13.0. The van der Waals surface area contributed by atoms with Gasteiger partial charge in [-0.3, -0.25) is 14.3 Å². The zero-order valence-corrected chi connectivity index (χ0v) is 18.3. The molecule has 0 aliphatic rings. The Morgan fingerprint density at radius 2 is 1.76 bits per heavy atom.